The minimum Gasteiger partial charge on any atom is -0.352 e. The van der Waals surface area contributed by atoms with Crippen molar-refractivity contribution >= 4 is 32.9 Å². The Labute approximate surface area is 150 Å². The van der Waals surface area contributed by atoms with Crippen LogP contribution in [0.15, 0.2) is 53.0 Å². The van der Waals surface area contributed by atoms with Gasteiger partial charge >= 0.3 is 0 Å². The normalized spacial score (nSPS) is 12.3. The molecule has 0 saturated carbocycles. The molecular formula is C19H20BrN3O. The average molecular weight is 386 g/mol. The zero-order chi connectivity index (χ0) is 17.1. The molecule has 1 unspecified atom stereocenters. The predicted octanol–water partition coefficient (Wildman–Crippen LogP) is 4.38. The Morgan fingerprint density at radius 3 is 2.62 bits per heavy atom. The van der Waals surface area contributed by atoms with Gasteiger partial charge in [0.15, 0.2) is 0 Å². The number of benzene rings is 2. The molecule has 0 aliphatic carbocycles. The smallest absolute Gasteiger partial charge is 0.240 e. The van der Waals surface area contributed by atoms with E-state index in [0.717, 1.165) is 33.3 Å². The molecule has 0 aliphatic rings. The maximum absolute atomic E-state index is 12.4. The second-order valence-corrected chi connectivity index (χ2v) is 6.81. The van der Waals surface area contributed by atoms with E-state index in [1.54, 1.807) is 0 Å². The molecule has 5 heteroatoms. The van der Waals surface area contributed by atoms with Gasteiger partial charge in [-0.15, -0.1) is 0 Å². The molecule has 0 bridgehead atoms. The number of halogens is 1. The van der Waals surface area contributed by atoms with Crippen LogP contribution in [0.1, 0.15) is 20.3 Å². The number of rotatable bonds is 5. The van der Waals surface area contributed by atoms with E-state index in [2.05, 4.69) is 28.2 Å². The molecule has 124 valence electrons. The lowest BCUT2D eigenvalue weighted by atomic mass is 10.2. The highest BCUT2D eigenvalue weighted by atomic mass is 79.9. The summed E-state index contributed by atoms with van der Waals surface area (Å²) in [4.78, 5) is 17.1. The summed E-state index contributed by atoms with van der Waals surface area (Å²) >= 11 is 3.46. The first-order chi connectivity index (χ1) is 11.6. The second kappa shape index (κ2) is 7.18. The lowest BCUT2D eigenvalue weighted by Gasteiger charge is -2.14. The Balaban J connectivity index is 2.02. The quantitative estimate of drug-likeness (QED) is 0.708. The van der Waals surface area contributed by atoms with Crippen molar-refractivity contribution < 1.29 is 4.79 Å². The zero-order valence-electron chi connectivity index (χ0n) is 13.8. The molecule has 0 fully saturated rings. The number of nitrogens with one attached hydrogen (secondary N) is 1. The number of fused-ring (bicyclic) bond motifs is 1. The van der Waals surface area contributed by atoms with Gasteiger partial charge in [-0.2, -0.15) is 0 Å². The summed E-state index contributed by atoms with van der Waals surface area (Å²) in [6, 6.07) is 16.1. The number of aromatic nitrogens is 2. The molecule has 1 heterocycles. The third-order valence-corrected chi connectivity index (χ3v) is 4.61. The molecule has 1 aromatic heterocycles. The van der Waals surface area contributed by atoms with E-state index < -0.39 is 0 Å². The van der Waals surface area contributed by atoms with Crippen LogP contribution in [0.4, 0.5) is 0 Å². The molecule has 1 atom stereocenters. The molecule has 2 aromatic carbocycles. The van der Waals surface area contributed by atoms with Gasteiger partial charge in [-0.1, -0.05) is 47.1 Å². The highest BCUT2D eigenvalue weighted by Gasteiger charge is 2.15. The summed E-state index contributed by atoms with van der Waals surface area (Å²) in [5.74, 6) is 0.814. The van der Waals surface area contributed by atoms with Gasteiger partial charge in [0.2, 0.25) is 5.91 Å². The standard InChI is InChI=1S/C19H20BrN3O/c1-3-13(2)21-18(24)12-23-17-7-5-4-6-16(17)22-19(23)14-8-10-15(20)11-9-14/h4-11,13H,3,12H2,1-2H3,(H,21,24). The molecule has 4 nitrogen and oxygen atoms in total. The number of para-hydroxylation sites is 2. The van der Waals surface area contributed by atoms with Crippen molar-refractivity contribution in [1.82, 2.24) is 14.9 Å². The van der Waals surface area contributed by atoms with Gasteiger partial charge in [-0.05, 0) is 37.6 Å². The van der Waals surface area contributed by atoms with Crippen molar-refractivity contribution in [3.8, 4) is 11.4 Å². The minimum absolute atomic E-state index is 0.00543. The van der Waals surface area contributed by atoms with Crippen LogP contribution in [-0.4, -0.2) is 21.5 Å². The van der Waals surface area contributed by atoms with E-state index in [0.29, 0.717) is 0 Å². The van der Waals surface area contributed by atoms with Crippen LogP contribution in [-0.2, 0) is 11.3 Å². The Kier molecular flexibility index (Phi) is 5.00. The summed E-state index contributed by atoms with van der Waals surface area (Å²) in [6.45, 7) is 4.33. The van der Waals surface area contributed by atoms with Gasteiger partial charge in [-0.3, -0.25) is 4.79 Å². The molecule has 0 saturated heterocycles. The van der Waals surface area contributed by atoms with Crippen LogP contribution in [0.5, 0.6) is 0 Å². The molecule has 1 amide bonds. The Morgan fingerprint density at radius 1 is 1.21 bits per heavy atom. The number of carbonyl (C=O) groups is 1. The van der Waals surface area contributed by atoms with E-state index in [4.69, 9.17) is 4.98 Å². The highest BCUT2D eigenvalue weighted by molar-refractivity contribution is 9.10. The third-order valence-electron chi connectivity index (χ3n) is 4.08. The largest absolute Gasteiger partial charge is 0.352 e. The van der Waals surface area contributed by atoms with Gasteiger partial charge in [0.1, 0.15) is 12.4 Å². The van der Waals surface area contributed by atoms with E-state index in [1.807, 2.05) is 60.0 Å². The van der Waals surface area contributed by atoms with Crippen LogP contribution < -0.4 is 5.32 Å². The molecular weight excluding hydrogens is 366 g/mol. The molecule has 1 N–H and O–H groups in total. The van der Waals surface area contributed by atoms with Crippen molar-refractivity contribution in [1.29, 1.82) is 0 Å². The van der Waals surface area contributed by atoms with E-state index in [1.165, 1.54) is 0 Å². The van der Waals surface area contributed by atoms with Gasteiger partial charge in [0.05, 0.1) is 11.0 Å². The zero-order valence-corrected chi connectivity index (χ0v) is 15.4. The molecule has 24 heavy (non-hydrogen) atoms. The maximum Gasteiger partial charge on any atom is 0.240 e. The maximum atomic E-state index is 12.4. The first kappa shape index (κ1) is 16.7. The van der Waals surface area contributed by atoms with Crippen LogP contribution in [0.2, 0.25) is 0 Å². The van der Waals surface area contributed by atoms with Crippen molar-refractivity contribution in [3.05, 3.63) is 53.0 Å². The molecule has 0 aliphatic heterocycles. The topological polar surface area (TPSA) is 46.9 Å². The number of hydrogen-bond donors (Lipinski definition) is 1. The second-order valence-electron chi connectivity index (χ2n) is 5.89. The van der Waals surface area contributed by atoms with Gasteiger partial charge in [0.25, 0.3) is 0 Å². The van der Waals surface area contributed by atoms with Crippen molar-refractivity contribution in [3.63, 3.8) is 0 Å². The van der Waals surface area contributed by atoms with E-state index in [-0.39, 0.29) is 18.5 Å². The monoisotopic (exact) mass is 385 g/mol. The first-order valence-corrected chi connectivity index (χ1v) is 8.88. The fraction of sp³-hybridized carbons (Fsp3) is 0.263. The Bertz CT molecular complexity index is 855. The molecule has 0 spiro atoms. The number of hydrogen-bond acceptors (Lipinski definition) is 2. The molecule has 3 aromatic rings. The van der Waals surface area contributed by atoms with E-state index in [9.17, 15) is 4.79 Å². The average Bonchev–Trinajstić information content (AvgIpc) is 2.94. The fourth-order valence-corrected chi connectivity index (χ4v) is 2.89. The third kappa shape index (κ3) is 3.51. The van der Waals surface area contributed by atoms with E-state index >= 15 is 0 Å². The van der Waals surface area contributed by atoms with Crippen LogP contribution >= 0.6 is 15.9 Å². The SMILES string of the molecule is CCC(C)NC(=O)Cn1c(-c2ccc(Br)cc2)nc2ccccc21. The van der Waals surface area contributed by atoms with Crippen LogP contribution in [0.25, 0.3) is 22.4 Å². The summed E-state index contributed by atoms with van der Waals surface area (Å²) in [5, 5.41) is 3.03. The van der Waals surface area contributed by atoms with Gasteiger partial charge in [0, 0.05) is 16.1 Å². The predicted molar refractivity (Wildman–Crippen MR) is 101 cm³/mol. The number of nitrogens with zero attached hydrogens (tertiary/aromatic N) is 2. The molecule has 3 rings (SSSR count). The summed E-state index contributed by atoms with van der Waals surface area (Å²) < 4.78 is 3.00. The summed E-state index contributed by atoms with van der Waals surface area (Å²) in [6.07, 6.45) is 0.913. The molecule has 0 radical (unpaired) electrons. The lowest BCUT2D eigenvalue weighted by Crippen LogP contribution is -2.34. The number of imidazole rings is 1. The number of carbonyl (C=O) groups excluding carboxylic acids is 1. The van der Waals surface area contributed by atoms with Crippen LogP contribution in [0.3, 0.4) is 0 Å². The van der Waals surface area contributed by atoms with Crippen molar-refractivity contribution in [2.75, 3.05) is 0 Å². The van der Waals surface area contributed by atoms with Crippen molar-refractivity contribution in [2.45, 2.75) is 32.9 Å². The summed E-state index contributed by atoms with van der Waals surface area (Å²) in [7, 11) is 0. The Hall–Kier alpha value is -2.14. The Morgan fingerprint density at radius 2 is 1.92 bits per heavy atom. The summed E-state index contributed by atoms with van der Waals surface area (Å²) in [5.41, 5.74) is 2.85. The van der Waals surface area contributed by atoms with Crippen LogP contribution in [0, 0.1) is 0 Å². The van der Waals surface area contributed by atoms with Crippen molar-refractivity contribution in [2.24, 2.45) is 0 Å². The highest BCUT2D eigenvalue weighted by Crippen LogP contribution is 2.26. The lowest BCUT2D eigenvalue weighted by molar-refractivity contribution is -0.122. The minimum atomic E-state index is 0.00543. The first-order valence-electron chi connectivity index (χ1n) is 8.09. The number of amides is 1. The van der Waals surface area contributed by atoms with Gasteiger partial charge < -0.3 is 9.88 Å². The fourth-order valence-electron chi connectivity index (χ4n) is 2.62. The van der Waals surface area contributed by atoms with Gasteiger partial charge in [-0.25, -0.2) is 4.98 Å².